The largest absolute Gasteiger partial charge is 0.349 e. The number of carbonyl (C=O) groups excluding carboxylic acids is 1. The first-order valence-corrected chi connectivity index (χ1v) is 7.75. The Morgan fingerprint density at radius 2 is 2.00 bits per heavy atom. The molecule has 2 heterocycles. The molecule has 9 heteroatoms. The molecule has 0 radical (unpaired) electrons. The van der Waals surface area contributed by atoms with Gasteiger partial charge in [0.05, 0.1) is 6.20 Å². The third-order valence-electron chi connectivity index (χ3n) is 3.53. The van der Waals surface area contributed by atoms with Crippen LogP contribution >= 0.6 is 36.2 Å². The lowest BCUT2D eigenvalue weighted by atomic mass is 9.94. The van der Waals surface area contributed by atoms with Crippen molar-refractivity contribution in [2.24, 2.45) is 5.73 Å². The number of hydrogen-bond donors (Lipinski definition) is 2. The molecule has 0 saturated carbocycles. The zero-order valence-corrected chi connectivity index (χ0v) is 15.4. The van der Waals surface area contributed by atoms with Crippen LogP contribution in [-0.2, 0) is 0 Å². The second kappa shape index (κ2) is 9.77. The quantitative estimate of drug-likeness (QED) is 0.806. The summed E-state index contributed by atoms with van der Waals surface area (Å²) >= 11 is 1.37. The molecule has 6 nitrogen and oxygen atoms in total. The van der Waals surface area contributed by atoms with Crippen LogP contribution in [-0.4, -0.2) is 32.9 Å². The summed E-state index contributed by atoms with van der Waals surface area (Å²) in [7, 11) is 0. The summed E-state index contributed by atoms with van der Waals surface area (Å²) in [4.78, 5) is 24.6. The van der Waals surface area contributed by atoms with Crippen LogP contribution in [0, 0.1) is 0 Å². The van der Waals surface area contributed by atoms with Crippen LogP contribution in [0.2, 0.25) is 0 Å². The number of thiazole rings is 1. The van der Waals surface area contributed by atoms with Crippen molar-refractivity contribution in [3.05, 3.63) is 29.7 Å². The highest BCUT2D eigenvalue weighted by atomic mass is 35.5. The molecule has 0 unspecified atom stereocenters. The molecule has 0 bridgehead atoms. The van der Waals surface area contributed by atoms with Crippen LogP contribution in [0.25, 0.3) is 10.7 Å². The summed E-state index contributed by atoms with van der Waals surface area (Å²) in [5.41, 5.74) is 6.85. The third kappa shape index (κ3) is 5.69. The van der Waals surface area contributed by atoms with Crippen LogP contribution in [0.3, 0.4) is 0 Å². The lowest BCUT2D eigenvalue weighted by Gasteiger charge is -2.26. The van der Waals surface area contributed by atoms with Crippen molar-refractivity contribution in [1.82, 2.24) is 20.3 Å². The van der Waals surface area contributed by atoms with Gasteiger partial charge in [0, 0.05) is 29.9 Å². The molecule has 0 aromatic carbocycles. The Bertz CT molecular complexity index is 604. The Balaban J connectivity index is 0.00000242. The predicted molar refractivity (Wildman–Crippen MR) is 97.5 cm³/mol. The average Bonchev–Trinajstić information content (AvgIpc) is 3.03. The molecular weight excluding hydrogens is 357 g/mol. The molecule has 0 aliphatic heterocycles. The highest BCUT2D eigenvalue weighted by Gasteiger charge is 2.22. The molecule has 1 amide bonds. The molecule has 2 aromatic rings. The van der Waals surface area contributed by atoms with E-state index in [4.69, 9.17) is 5.73 Å². The summed E-state index contributed by atoms with van der Waals surface area (Å²) in [5, 5.41) is 5.25. The first-order valence-electron chi connectivity index (χ1n) is 6.87. The molecular formula is C14H21Cl2N5OS. The molecule has 0 atom stereocenters. The normalized spacial score (nSPS) is 10.4. The van der Waals surface area contributed by atoms with Gasteiger partial charge < -0.3 is 11.1 Å². The second-order valence-corrected chi connectivity index (χ2v) is 5.74. The van der Waals surface area contributed by atoms with Gasteiger partial charge in [-0.1, -0.05) is 13.8 Å². The summed E-state index contributed by atoms with van der Waals surface area (Å²) in [6.45, 7) is 4.48. The smallest absolute Gasteiger partial charge is 0.270 e. The zero-order chi connectivity index (χ0) is 15.3. The number of aromatic nitrogens is 3. The number of rotatable bonds is 6. The lowest BCUT2D eigenvalue weighted by molar-refractivity contribution is 0.0938. The van der Waals surface area contributed by atoms with Gasteiger partial charge in [-0.25, -0.2) is 4.98 Å². The number of nitrogens with zero attached hydrogens (tertiary/aromatic N) is 3. The Labute approximate surface area is 152 Å². The molecule has 0 aliphatic rings. The molecule has 2 aromatic heterocycles. The van der Waals surface area contributed by atoms with E-state index in [9.17, 15) is 4.79 Å². The Kier molecular flexibility index (Phi) is 9.23. The average molecular weight is 378 g/mol. The van der Waals surface area contributed by atoms with Gasteiger partial charge in [0.2, 0.25) is 0 Å². The molecule has 0 aliphatic carbocycles. The van der Waals surface area contributed by atoms with Crippen LogP contribution in [0.15, 0.2) is 24.0 Å². The van der Waals surface area contributed by atoms with Gasteiger partial charge in [-0.2, -0.15) is 0 Å². The second-order valence-electron chi connectivity index (χ2n) is 4.88. The van der Waals surface area contributed by atoms with E-state index >= 15 is 0 Å². The molecule has 0 fully saturated rings. The van der Waals surface area contributed by atoms with Gasteiger partial charge in [0.1, 0.15) is 16.4 Å². The Hall–Kier alpha value is -1.28. The number of nitrogens with one attached hydrogen (secondary N) is 1. The van der Waals surface area contributed by atoms with Gasteiger partial charge in [-0.3, -0.25) is 14.8 Å². The van der Waals surface area contributed by atoms with E-state index in [1.54, 1.807) is 24.0 Å². The minimum atomic E-state index is -0.362. The molecule has 0 saturated heterocycles. The molecule has 3 N–H and O–H groups in total. The number of hydrogen-bond acceptors (Lipinski definition) is 6. The van der Waals surface area contributed by atoms with Crippen LogP contribution in [0.5, 0.6) is 0 Å². The molecule has 2 rings (SSSR count). The van der Waals surface area contributed by atoms with E-state index in [1.807, 2.05) is 13.8 Å². The van der Waals surface area contributed by atoms with Gasteiger partial charge in [-0.05, 0) is 12.8 Å². The summed E-state index contributed by atoms with van der Waals surface area (Å²) in [6, 6.07) is 0. The van der Waals surface area contributed by atoms with Crippen molar-refractivity contribution in [2.45, 2.75) is 32.2 Å². The molecule has 0 spiro atoms. The van der Waals surface area contributed by atoms with Crippen molar-refractivity contribution in [1.29, 1.82) is 0 Å². The number of nitrogens with two attached hydrogens (primary N) is 1. The lowest BCUT2D eigenvalue weighted by Crippen LogP contribution is -2.49. The maximum Gasteiger partial charge on any atom is 0.270 e. The van der Waals surface area contributed by atoms with Crippen molar-refractivity contribution < 1.29 is 4.79 Å². The molecule has 128 valence electrons. The fourth-order valence-corrected chi connectivity index (χ4v) is 2.51. The number of halogens is 2. The maximum atomic E-state index is 12.1. The van der Waals surface area contributed by atoms with E-state index in [-0.39, 0.29) is 36.3 Å². The Morgan fingerprint density at radius 1 is 1.30 bits per heavy atom. The Morgan fingerprint density at radius 3 is 2.57 bits per heavy atom. The van der Waals surface area contributed by atoms with Crippen molar-refractivity contribution in [3.8, 4) is 10.7 Å². The summed E-state index contributed by atoms with van der Waals surface area (Å²) < 4.78 is 0. The van der Waals surface area contributed by atoms with Crippen LogP contribution in [0.4, 0.5) is 0 Å². The van der Waals surface area contributed by atoms with E-state index in [0.717, 1.165) is 12.8 Å². The first kappa shape index (κ1) is 21.7. The summed E-state index contributed by atoms with van der Waals surface area (Å²) in [6.07, 6.45) is 6.44. The van der Waals surface area contributed by atoms with Crippen LogP contribution in [0.1, 0.15) is 37.2 Å². The van der Waals surface area contributed by atoms with Crippen molar-refractivity contribution >= 4 is 42.1 Å². The minimum absolute atomic E-state index is 0. The number of carbonyl (C=O) groups is 1. The first-order chi connectivity index (χ1) is 10.1. The molecule has 23 heavy (non-hydrogen) atoms. The predicted octanol–water partition coefficient (Wildman–Crippen LogP) is 2.69. The minimum Gasteiger partial charge on any atom is -0.349 e. The van der Waals surface area contributed by atoms with Crippen molar-refractivity contribution in [2.75, 3.05) is 6.54 Å². The van der Waals surface area contributed by atoms with E-state index in [0.29, 0.717) is 22.9 Å². The SMILES string of the molecule is CCC(N)(CC)CNC(=O)c1csc(-c2cnccn2)n1.Cl.Cl. The monoisotopic (exact) mass is 377 g/mol. The van der Waals surface area contributed by atoms with E-state index in [2.05, 4.69) is 20.3 Å². The zero-order valence-electron chi connectivity index (χ0n) is 13.0. The van der Waals surface area contributed by atoms with Gasteiger partial charge >= 0.3 is 0 Å². The van der Waals surface area contributed by atoms with Gasteiger partial charge in [-0.15, -0.1) is 36.2 Å². The topological polar surface area (TPSA) is 93.8 Å². The maximum absolute atomic E-state index is 12.1. The highest BCUT2D eigenvalue weighted by Crippen LogP contribution is 2.20. The van der Waals surface area contributed by atoms with Gasteiger partial charge in [0.15, 0.2) is 0 Å². The number of amides is 1. The van der Waals surface area contributed by atoms with Crippen molar-refractivity contribution in [3.63, 3.8) is 0 Å². The van der Waals surface area contributed by atoms with E-state index < -0.39 is 0 Å². The van der Waals surface area contributed by atoms with Gasteiger partial charge in [0.25, 0.3) is 5.91 Å². The van der Waals surface area contributed by atoms with E-state index in [1.165, 1.54) is 11.3 Å². The third-order valence-corrected chi connectivity index (χ3v) is 4.39. The fourth-order valence-electron chi connectivity index (χ4n) is 1.75. The highest BCUT2D eigenvalue weighted by molar-refractivity contribution is 7.13. The summed E-state index contributed by atoms with van der Waals surface area (Å²) in [5.74, 6) is -0.210. The fraction of sp³-hybridized carbons (Fsp3) is 0.429. The van der Waals surface area contributed by atoms with Crippen LogP contribution < -0.4 is 11.1 Å². The standard InChI is InChI=1S/C14H19N5OS.2ClH/c1-3-14(15,4-2)9-18-12(20)11-8-21-13(19-11)10-7-16-5-6-17-10;;/h5-8H,3-4,9,15H2,1-2H3,(H,18,20);2*1H.